The second-order valence-electron chi connectivity index (χ2n) is 4.48. The monoisotopic (exact) mass is 239 g/mol. The maximum absolute atomic E-state index is 4.15. The van der Waals surface area contributed by atoms with Gasteiger partial charge < -0.3 is 5.32 Å². The Kier molecular flexibility index (Phi) is 4.75. The Morgan fingerprint density at radius 2 is 2.50 bits per heavy atom. The van der Waals surface area contributed by atoms with Crippen molar-refractivity contribution in [3.63, 3.8) is 0 Å². The van der Waals surface area contributed by atoms with Crippen LogP contribution in [0.3, 0.4) is 0 Å². The van der Waals surface area contributed by atoms with Gasteiger partial charge in [0.25, 0.3) is 0 Å². The van der Waals surface area contributed by atoms with Crippen molar-refractivity contribution in [2.45, 2.75) is 38.3 Å². The highest BCUT2D eigenvalue weighted by atomic mass is 32.1. The van der Waals surface area contributed by atoms with Gasteiger partial charge in [0.1, 0.15) is 0 Å². The molecule has 16 heavy (non-hydrogen) atoms. The molecule has 1 fully saturated rings. The van der Waals surface area contributed by atoms with Gasteiger partial charge in [0, 0.05) is 23.7 Å². The lowest BCUT2D eigenvalue weighted by atomic mass is 9.99. The Hall–Kier alpha value is -0.450. The Morgan fingerprint density at radius 3 is 3.25 bits per heavy atom. The van der Waals surface area contributed by atoms with Crippen molar-refractivity contribution in [2.75, 3.05) is 20.1 Å². The molecule has 4 heteroatoms. The highest BCUT2D eigenvalue weighted by Gasteiger charge is 2.21. The molecule has 1 aromatic heterocycles. The summed E-state index contributed by atoms with van der Waals surface area (Å²) in [6.07, 6.45) is 7.40. The zero-order valence-corrected chi connectivity index (χ0v) is 10.8. The van der Waals surface area contributed by atoms with E-state index in [1.807, 2.05) is 18.8 Å². The van der Waals surface area contributed by atoms with Crippen molar-refractivity contribution in [3.8, 4) is 0 Å². The fraction of sp³-hybridized carbons (Fsp3) is 0.750. The first-order chi connectivity index (χ1) is 7.90. The van der Waals surface area contributed by atoms with E-state index in [-0.39, 0.29) is 0 Å². The van der Waals surface area contributed by atoms with E-state index >= 15 is 0 Å². The molecule has 3 nitrogen and oxygen atoms in total. The van der Waals surface area contributed by atoms with Gasteiger partial charge >= 0.3 is 0 Å². The fourth-order valence-electron chi connectivity index (χ4n) is 2.43. The minimum atomic E-state index is 0.767. The maximum atomic E-state index is 4.15. The Balaban J connectivity index is 1.88. The lowest BCUT2D eigenvalue weighted by Crippen LogP contribution is -2.40. The molecule has 0 amide bonds. The summed E-state index contributed by atoms with van der Waals surface area (Å²) in [5.74, 6) is 0. The van der Waals surface area contributed by atoms with E-state index in [4.69, 9.17) is 0 Å². The van der Waals surface area contributed by atoms with E-state index < -0.39 is 0 Å². The van der Waals surface area contributed by atoms with Crippen molar-refractivity contribution in [3.05, 3.63) is 16.6 Å². The molecule has 1 aliphatic rings. The van der Waals surface area contributed by atoms with Crippen molar-refractivity contribution in [2.24, 2.45) is 0 Å². The number of nitrogens with one attached hydrogen (secondary N) is 1. The lowest BCUT2D eigenvalue weighted by molar-refractivity contribution is 0.133. The van der Waals surface area contributed by atoms with Crippen molar-refractivity contribution >= 4 is 11.3 Å². The summed E-state index contributed by atoms with van der Waals surface area (Å²) >= 11 is 1.77. The largest absolute Gasteiger partial charge is 0.320 e. The molecule has 0 aliphatic carbocycles. The SMILES string of the molecule is CNCCC1CCCCN1Cc1cncs1. The fourth-order valence-corrected chi connectivity index (χ4v) is 3.05. The Labute approximate surface area is 102 Å². The van der Waals surface area contributed by atoms with Crippen LogP contribution in [0.2, 0.25) is 0 Å². The van der Waals surface area contributed by atoms with Crippen LogP contribution in [0.25, 0.3) is 0 Å². The predicted molar refractivity (Wildman–Crippen MR) is 68.7 cm³/mol. The number of aromatic nitrogens is 1. The second kappa shape index (κ2) is 6.33. The van der Waals surface area contributed by atoms with Crippen LogP contribution in [0.4, 0.5) is 0 Å². The molecule has 0 spiro atoms. The van der Waals surface area contributed by atoms with E-state index in [1.54, 1.807) is 11.3 Å². The molecule has 1 unspecified atom stereocenters. The van der Waals surface area contributed by atoms with Crippen molar-refractivity contribution in [1.82, 2.24) is 15.2 Å². The number of nitrogens with zero attached hydrogens (tertiary/aromatic N) is 2. The number of thiazole rings is 1. The van der Waals surface area contributed by atoms with Crippen LogP contribution in [-0.2, 0) is 6.54 Å². The molecule has 1 saturated heterocycles. The second-order valence-corrected chi connectivity index (χ2v) is 5.45. The first kappa shape index (κ1) is 12.0. The number of likely N-dealkylation sites (tertiary alicyclic amines) is 1. The van der Waals surface area contributed by atoms with Crippen LogP contribution in [0.15, 0.2) is 11.7 Å². The molecule has 1 aliphatic heterocycles. The maximum Gasteiger partial charge on any atom is 0.0794 e. The van der Waals surface area contributed by atoms with Gasteiger partial charge in [-0.15, -0.1) is 11.3 Å². The third kappa shape index (κ3) is 3.27. The van der Waals surface area contributed by atoms with Crippen LogP contribution < -0.4 is 5.32 Å². The van der Waals surface area contributed by atoms with Gasteiger partial charge in [-0.1, -0.05) is 6.42 Å². The molecule has 1 atom stereocenters. The summed E-state index contributed by atoms with van der Waals surface area (Å²) in [5.41, 5.74) is 1.93. The lowest BCUT2D eigenvalue weighted by Gasteiger charge is -2.35. The third-order valence-electron chi connectivity index (χ3n) is 3.32. The summed E-state index contributed by atoms with van der Waals surface area (Å²) in [6.45, 7) is 3.48. The van der Waals surface area contributed by atoms with Crippen LogP contribution in [-0.4, -0.2) is 36.1 Å². The quantitative estimate of drug-likeness (QED) is 0.853. The zero-order chi connectivity index (χ0) is 11.2. The summed E-state index contributed by atoms with van der Waals surface area (Å²) in [5, 5.41) is 3.26. The Morgan fingerprint density at radius 1 is 1.56 bits per heavy atom. The highest BCUT2D eigenvalue weighted by Crippen LogP contribution is 2.22. The normalized spacial score (nSPS) is 22.4. The number of rotatable bonds is 5. The van der Waals surface area contributed by atoms with Gasteiger partial charge in [0.15, 0.2) is 0 Å². The molecule has 0 radical (unpaired) electrons. The van der Waals surface area contributed by atoms with Crippen molar-refractivity contribution < 1.29 is 0 Å². The van der Waals surface area contributed by atoms with Gasteiger partial charge in [-0.25, -0.2) is 0 Å². The van der Waals surface area contributed by atoms with E-state index in [9.17, 15) is 0 Å². The van der Waals surface area contributed by atoms with Gasteiger partial charge in [0.05, 0.1) is 5.51 Å². The van der Waals surface area contributed by atoms with Gasteiger partial charge in [-0.2, -0.15) is 0 Å². The summed E-state index contributed by atoms with van der Waals surface area (Å²) in [6, 6.07) is 0.767. The molecule has 0 aromatic carbocycles. The third-order valence-corrected chi connectivity index (χ3v) is 4.08. The molecule has 2 heterocycles. The zero-order valence-electron chi connectivity index (χ0n) is 9.98. The van der Waals surface area contributed by atoms with E-state index in [1.165, 1.54) is 37.1 Å². The topological polar surface area (TPSA) is 28.2 Å². The molecule has 1 aromatic rings. The highest BCUT2D eigenvalue weighted by molar-refractivity contribution is 7.09. The number of piperidine rings is 1. The van der Waals surface area contributed by atoms with Crippen LogP contribution >= 0.6 is 11.3 Å². The minimum Gasteiger partial charge on any atom is -0.320 e. The molecular formula is C12H21N3S. The molecule has 0 bridgehead atoms. The molecule has 1 N–H and O–H groups in total. The van der Waals surface area contributed by atoms with Gasteiger partial charge in [-0.3, -0.25) is 9.88 Å². The Bertz CT molecular complexity index is 286. The molecule has 2 rings (SSSR count). The van der Waals surface area contributed by atoms with Gasteiger partial charge in [0.2, 0.25) is 0 Å². The standard InChI is InChI=1S/C12H21N3S/c1-13-6-5-11-4-2-3-7-15(11)9-12-8-14-10-16-12/h8,10-11,13H,2-7,9H2,1H3. The number of hydrogen-bond acceptors (Lipinski definition) is 4. The molecular weight excluding hydrogens is 218 g/mol. The van der Waals surface area contributed by atoms with Crippen molar-refractivity contribution in [1.29, 1.82) is 0 Å². The van der Waals surface area contributed by atoms with E-state index in [0.717, 1.165) is 19.1 Å². The van der Waals surface area contributed by atoms with Crippen LogP contribution in [0.5, 0.6) is 0 Å². The number of hydrogen-bond donors (Lipinski definition) is 1. The summed E-state index contributed by atoms with van der Waals surface area (Å²) < 4.78 is 0. The average molecular weight is 239 g/mol. The summed E-state index contributed by atoms with van der Waals surface area (Å²) in [4.78, 5) is 8.19. The van der Waals surface area contributed by atoms with Crippen LogP contribution in [0.1, 0.15) is 30.6 Å². The first-order valence-corrected chi connectivity index (χ1v) is 7.04. The van der Waals surface area contributed by atoms with Crippen LogP contribution in [0, 0.1) is 0 Å². The van der Waals surface area contributed by atoms with Gasteiger partial charge in [-0.05, 0) is 39.4 Å². The molecule has 0 saturated carbocycles. The minimum absolute atomic E-state index is 0.767. The average Bonchev–Trinajstić information content (AvgIpc) is 2.81. The predicted octanol–water partition coefficient (Wildman–Crippen LogP) is 2.11. The first-order valence-electron chi connectivity index (χ1n) is 6.16. The smallest absolute Gasteiger partial charge is 0.0794 e. The van der Waals surface area contributed by atoms with E-state index in [2.05, 4.69) is 15.2 Å². The molecule has 90 valence electrons. The van der Waals surface area contributed by atoms with E-state index in [0.29, 0.717) is 0 Å². The summed E-state index contributed by atoms with van der Waals surface area (Å²) in [7, 11) is 2.04.